The Morgan fingerprint density at radius 3 is 2.48 bits per heavy atom. The molecule has 6 heteroatoms. The minimum atomic E-state index is -0.493. The average Bonchev–Trinajstić information content (AvgIpc) is 3.10. The monoisotopic (exact) mass is 449 g/mol. The third-order valence-corrected chi connectivity index (χ3v) is 5.83. The van der Waals surface area contributed by atoms with Crippen LogP contribution in [0.2, 0.25) is 10.0 Å². The predicted molar refractivity (Wildman–Crippen MR) is 127 cm³/mol. The number of nitrogens with one attached hydrogen (secondary N) is 1. The molecule has 0 saturated carbocycles. The highest BCUT2D eigenvalue weighted by atomic mass is 35.5. The molecule has 0 aliphatic heterocycles. The van der Waals surface area contributed by atoms with Gasteiger partial charge in [0.15, 0.2) is 5.58 Å². The Balaban J connectivity index is 1.86. The van der Waals surface area contributed by atoms with Crippen molar-refractivity contribution < 1.29 is 8.83 Å². The molecule has 5 rings (SSSR count). The zero-order valence-electron chi connectivity index (χ0n) is 16.8. The van der Waals surface area contributed by atoms with Crippen molar-refractivity contribution >= 4 is 56.7 Å². The topological polar surface area (TPSA) is 55.4 Å². The maximum Gasteiger partial charge on any atom is 0.348 e. The first-order valence-electron chi connectivity index (χ1n) is 9.70. The summed E-state index contributed by atoms with van der Waals surface area (Å²) in [7, 11) is 0. The van der Waals surface area contributed by atoms with E-state index in [4.69, 9.17) is 32.0 Å². The molecule has 0 radical (unpaired) electrons. The molecule has 154 valence electrons. The second kappa shape index (κ2) is 7.49. The Hall–Kier alpha value is -3.21. The summed E-state index contributed by atoms with van der Waals surface area (Å²) in [6.07, 6.45) is 0. The van der Waals surface area contributed by atoms with Gasteiger partial charge in [0, 0.05) is 16.3 Å². The van der Waals surface area contributed by atoms with E-state index in [1.165, 1.54) is 0 Å². The molecule has 0 bridgehead atoms. The molecular formula is C25H17Cl2NO3. The lowest BCUT2D eigenvalue weighted by Gasteiger charge is -2.11. The molecule has 3 aromatic carbocycles. The van der Waals surface area contributed by atoms with Gasteiger partial charge in [-0.2, -0.15) is 0 Å². The molecule has 0 unspecified atom stereocenters. The smallest absolute Gasteiger partial charge is 0.348 e. The first-order chi connectivity index (χ1) is 14.9. The molecule has 0 saturated heterocycles. The van der Waals surface area contributed by atoms with Gasteiger partial charge in [0.1, 0.15) is 11.0 Å². The number of fused-ring (bicyclic) bond motifs is 3. The van der Waals surface area contributed by atoms with E-state index >= 15 is 0 Å². The molecule has 0 amide bonds. The molecule has 0 aliphatic carbocycles. The molecular weight excluding hydrogens is 433 g/mol. The van der Waals surface area contributed by atoms with E-state index in [1.807, 2.05) is 44.2 Å². The number of halogens is 2. The van der Waals surface area contributed by atoms with Crippen LogP contribution in [-0.2, 0) is 0 Å². The summed E-state index contributed by atoms with van der Waals surface area (Å²) in [6, 6.07) is 18.5. The van der Waals surface area contributed by atoms with Gasteiger partial charge in [0.05, 0.1) is 16.0 Å². The number of rotatable bonds is 3. The van der Waals surface area contributed by atoms with Crippen molar-refractivity contribution in [2.75, 3.05) is 5.32 Å². The lowest BCUT2D eigenvalue weighted by molar-refractivity contribution is 0.566. The van der Waals surface area contributed by atoms with Gasteiger partial charge in [0.25, 0.3) is 0 Å². The average molecular weight is 450 g/mol. The predicted octanol–water partition coefficient (Wildman–Crippen LogP) is 7.87. The minimum absolute atomic E-state index is 0.329. The third-order valence-electron chi connectivity index (χ3n) is 5.28. The Labute approximate surface area is 188 Å². The van der Waals surface area contributed by atoms with Crippen LogP contribution in [0.3, 0.4) is 0 Å². The van der Waals surface area contributed by atoms with Crippen LogP contribution < -0.4 is 10.9 Å². The van der Waals surface area contributed by atoms with Crippen LogP contribution in [-0.4, -0.2) is 0 Å². The first-order valence-corrected chi connectivity index (χ1v) is 10.5. The van der Waals surface area contributed by atoms with Crippen LogP contribution in [0.1, 0.15) is 11.1 Å². The minimum Gasteiger partial charge on any atom is -0.439 e. The van der Waals surface area contributed by atoms with Gasteiger partial charge in [-0.1, -0.05) is 59.1 Å². The Morgan fingerprint density at radius 1 is 0.903 bits per heavy atom. The highest BCUT2D eigenvalue weighted by Crippen LogP contribution is 2.44. The third kappa shape index (κ3) is 3.38. The van der Waals surface area contributed by atoms with E-state index in [2.05, 4.69) is 11.4 Å². The second-order valence-corrected chi connectivity index (χ2v) is 8.31. The number of hydrogen-bond acceptors (Lipinski definition) is 4. The zero-order valence-corrected chi connectivity index (χ0v) is 18.3. The Morgan fingerprint density at radius 2 is 1.71 bits per heavy atom. The van der Waals surface area contributed by atoms with E-state index in [0.717, 1.165) is 16.8 Å². The molecule has 2 aromatic heterocycles. The number of furan rings is 1. The van der Waals surface area contributed by atoms with E-state index < -0.39 is 5.63 Å². The highest BCUT2D eigenvalue weighted by Gasteiger charge is 2.24. The van der Waals surface area contributed by atoms with Crippen molar-refractivity contribution in [3.05, 3.63) is 92.3 Å². The van der Waals surface area contributed by atoms with Gasteiger partial charge < -0.3 is 14.2 Å². The van der Waals surface area contributed by atoms with Crippen LogP contribution in [0.25, 0.3) is 33.1 Å². The van der Waals surface area contributed by atoms with Gasteiger partial charge >= 0.3 is 5.63 Å². The van der Waals surface area contributed by atoms with Gasteiger partial charge in [-0.3, -0.25) is 0 Å². The van der Waals surface area contributed by atoms with Gasteiger partial charge in [-0.15, -0.1) is 0 Å². The lowest BCUT2D eigenvalue weighted by atomic mass is 10.0. The van der Waals surface area contributed by atoms with Crippen molar-refractivity contribution in [2.24, 2.45) is 0 Å². The summed E-state index contributed by atoms with van der Waals surface area (Å²) in [5, 5.41) is 5.30. The molecule has 31 heavy (non-hydrogen) atoms. The normalized spacial score (nSPS) is 11.4. The maximum atomic E-state index is 13.0. The van der Waals surface area contributed by atoms with Crippen LogP contribution in [0.5, 0.6) is 0 Å². The van der Waals surface area contributed by atoms with Gasteiger partial charge in [-0.05, 0) is 49.7 Å². The lowest BCUT2D eigenvalue weighted by Crippen LogP contribution is -2.00. The molecule has 0 atom stereocenters. The summed E-state index contributed by atoms with van der Waals surface area (Å²) in [6.45, 7) is 4.05. The molecule has 2 heterocycles. The van der Waals surface area contributed by atoms with Crippen molar-refractivity contribution in [3.63, 3.8) is 0 Å². The number of hydrogen-bond donors (Lipinski definition) is 1. The van der Waals surface area contributed by atoms with Crippen molar-refractivity contribution in [3.8, 4) is 11.1 Å². The molecule has 4 nitrogen and oxygen atoms in total. The zero-order chi connectivity index (χ0) is 21.7. The standard InChI is InChI=1S/C25H17Cl2NO3/c1-13-7-10-19(14(2)11-13)28-24-21(16-9-8-15(26)12-18(16)27)22-23(31-24)17-5-3-4-6-20(17)30-25(22)29/h3-12,28H,1-2H3. The number of anilines is 2. The van der Waals surface area contributed by atoms with Gasteiger partial charge in [0.2, 0.25) is 5.88 Å². The number of para-hydroxylation sites is 1. The van der Waals surface area contributed by atoms with Crippen LogP contribution >= 0.6 is 23.2 Å². The maximum absolute atomic E-state index is 13.0. The summed E-state index contributed by atoms with van der Waals surface area (Å²) in [4.78, 5) is 13.0. The van der Waals surface area contributed by atoms with Crippen molar-refractivity contribution in [1.29, 1.82) is 0 Å². The highest BCUT2D eigenvalue weighted by molar-refractivity contribution is 6.37. The number of benzene rings is 3. The molecule has 5 aromatic rings. The van der Waals surface area contributed by atoms with Crippen LogP contribution in [0.4, 0.5) is 11.6 Å². The fraction of sp³-hybridized carbons (Fsp3) is 0.0800. The first kappa shape index (κ1) is 19.7. The van der Waals surface area contributed by atoms with E-state index in [-0.39, 0.29) is 0 Å². The summed E-state index contributed by atoms with van der Waals surface area (Å²) in [5.74, 6) is 0.412. The summed E-state index contributed by atoms with van der Waals surface area (Å²) >= 11 is 12.6. The fourth-order valence-electron chi connectivity index (χ4n) is 3.82. The van der Waals surface area contributed by atoms with E-state index in [1.54, 1.807) is 24.3 Å². The van der Waals surface area contributed by atoms with Crippen molar-refractivity contribution in [1.82, 2.24) is 0 Å². The molecule has 0 fully saturated rings. The Bertz CT molecular complexity index is 1530. The quantitative estimate of drug-likeness (QED) is 0.284. The SMILES string of the molecule is Cc1ccc(Nc2oc3c(c2-c2ccc(Cl)cc2Cl)c(=O)oc2ccccc23)c(C)c1. The Kier molecular flexibility index (Phi) is 4.77. The largest absolute Gasteiger partial charge is 0.439 e. The fourth-order valence-corrected chi connectivity index (χ4v) is 4.33. The second-order valence-electron chi connectivity index (χ2n) is 7.46. The van der Waals surface area contributed by atoms with Crippen LogP contribution in [0.15, 0.2) is 74.3 Å². The van der Waals surface area contributed by atoms with Crippen LogP contribution in [0, 0.1) is 13.8 Å². The summed E-state index contributed by atoms with van der Waals surface area (Å²) < 4.78 is 11.9. The van der Waals surface area contributed by atoms with E-state index in [9.17, 15) is 4.79 Å². The van der Waals surface area contributed by atoms with E-state index in [0.29, 0.717) is 49.0 Å². The van der Waals surface area contributed by atoms with Gasteiger partial charge in [-0.25, -0.2) is 4.79 Å². The molecule has 0 aliphatic rings. The van der Waals surface area contributed by atoms with Crippen molar-refractivity contribution in [2.45, 2.75) is 13.8 Å². The number of aryl methyl sites for hydroxylation is 2. The molecule has 0 spiro atoms. The molecule has 1 N–H and O–H groups in total. The summed E-state index contributed by atoms with van der Waals surface area (Å²) in [5.41, 5.74) is 4.64.